The van der Waals surface area contributed by atoms with Gasteiger partial charge in [0.25, 0.3) is 0 Å². The largest absolute Gasteiger partial charge is 0.467 e. The number of methoxy groups -OCH3 is 1. The summed E-state index contributed by atoms with van der Waals surface area (Å²) in [6.07, 6.45) is 0.305. The van der Waals surface area contributed by atoms with Crippen molar-refractivity contribution < 1.29 is 19.1 Å². The molecule has 0 aliphatic rings. The van der Waals surface area contributed by atoms with E-state index in [4.69, 9.17) is 4.74 Å². The quantitative estimate of drug-likeness (QED) is 0.562. The number of nitrogens with one attached hydrogen (secondary N) is 2. The standard InChI is InChI=1S/C22H25BrN2O4/c1-15(16-8-4-3-5-9-16)24-20(26)12-13-21(27)25-19(22(28)29-2)14-17-10-6-7-11-18(17)23/h3-11,15,19H,12-14H2,1-2H3,(H,24,26)(H,25,27)/t15-,19-/m1/s1. The van der Waals surface area contributed by atoms with Crippen LogP contribution in [0, 0.1) is 0 Å². The second kappa shape index (κ2) is 11.4. The van der Waals surface area contributed by atoms with E-state index in [1.165, 1.54) is 7.11 Å². The Morgan fingerprint density at radius 3 is 2.14 bits per heavy atom. The van der Waals surface area contributed by atoms with E-state index in [9.17, 15) is 14.4 Å². The van der Waals surface area contributed by atoms with E-state index < -0.39 is 12.0 Å². The summed E-state index contributed by atoms with van der Waals surface area (Å²) in [6.45, 7) is 1.89. The summed E-state index contributed by atoms with van der Waals surface area (Å²) in [5.41, 5.74) is 1.86. The Morgan fingerprint density at radius 1 is 0.931 bits per heavy atom. The first-order chi connectivity index (χ1) is 13.9. The van der Waals surface area contributed by atoms with Crippen molar-refractivity contribution in [3.63, 3.8) is 0 Å². The van der Waals surface area contributed by atoms with Crippen LogP contribution in [0.3, 0.4) is 0 Å². The molecule has 0 aromatic heterocycles. The molecule has 6 nitrogen and oxygen atoms in total. The lowest BCUT2D eigenvalue weighted by atomic mass is 10.1. The fraction of sp³-hybridized carbons (Fsp3) is 0.318. The van der Waals surface area contributed by atoms with Crippen molar-refractivity contribution in [1.29, 1.82) is 0 Å². The van der Waals surface area contributed by atoms with Gasteiger partial charge in [0.1, 0.15) is 6.04 Å². The average molecular weight is 461 g/mol. The van der Waals surface area contributed by atoms with Gasteiger partial charge in [-0.25, -0.2) is 4.79 Å². The third-order valence-electron chi connectivity index (χ3n) is 4.46. The number of carbonyl (C=O) groups excluding carboxylic acids is 3. The Morgan fingerprint density at radius 2 is 1.52 bits per heavy atom. The Labute approximate surface area is 179 Å². The molecule has 2 rings (SSSR count). The lowest BCUT2D eigenvalue weighted by molar-refractivity contribution is -0.145. The third kappa shape index (κ3) is 7.34. The molecule has 2 atom stereocenters. The first-order valence-electron chi connectivity index (χ1n) is 9.35. The van der Waals surface area contributed by atoms with Crippen LogP contribution in [0.1, 0.15) is 36.9 Å². The Kier molecular flexibility index (Phi) is 8.86. The minimum atomic E-state index is -0.822. The molecule has 0 spiro atoms. The van der Waals surface area contributed by atoms with E-state index in [0.717, 1.165) is 15.6 Å². The highest BCUT2D eigenvalue weighted by atomic mass is 79.9. The predicted molar refractivity (Wildman–Crippen MR) is 114 cm³/mol. The zero-order valence-corrected chi connectivity index (χ0v) is 18.1. The molecule has 0 unspecified atom stereocenters. The van der Waals surface area contributed by atoms with Crippen LogP contribution in [0.5, 0.6) is 0 Å². The van der Waals surface area contributed by atoms with E-state index in [2.05, 4.69) is 26.6 Å². The summed E-state index contributed by atoms with van der Waals surface area (Å²) in [5.74, 6) is -1.14. The molecular weight excluding hydrogens is 436 g/mol. The second-order valence-electron chi connectivity index (χ2n) is 6.64. The van der Waals surface area contributed by atoms with Crippen LogP contribution in [-0.2, 0) is 25.5 Å². The molecule has 0 aliphatic heterocycles. The average Bonchev–Trinajstić information content (AvgIpc) is 2.73. The number of ether oxygens (including phenoxy) is 1. The first-order valence-corrected chi connectivity index (χ1v) is 10.1. The zero-order valence-electron chi connectivity index (χ0n) is 16.5. The highest BCUT2D eigenvalue weighted by molar-refractivity contribution is 9.10. The van der Waals surface area contributed by atoms with Crippen LogP contribution >= 0.6 is 15.9 Å². The molecule has 0 aliphatic carbocycles. The molecule has 29 heavy (non-hydrogen) atoms. The first kappa shape index (κ1) is 22.6. The maximum absolute atomic E-state index is 12.3. The van der Waals surface area contributed by atoms with Gasteiger partial charge < -0.3 is 15.4 Å². The topological polar surface area (TPSA) is 84.5 Å². The van der Waals surface area contributed by atoms with E-state index in [1.54, 1.807) is 0 Å². The second-order valence-corrected chi connectivity index (χ2v) is 7.49. The molecule has 154 valence electrons. The van der Waals surface area contributed by atoms with Gasteiger partial charge in [-0.15, -0.1) is 0 Å². The fourth-order valence-corrected chi connectivity index (χ4v) is 3.30. The van der Waals surface area contributed by atoms with Crippen molar-refractivity contribution in [3.05, 3.63) is 70.2 Å². The van der Waals surface area contributed by atoms with Gasteiger partial charge in [0, 0.05) is 23.7 Å². The van der Waals surface area contributed by atoms with Crippen LogP contribution in [0.4, 0.5) is 0 Å². The molecular formula is C22H25BrN2O4. The number of amides is 2. The number of rotatable bonds is 9. The summed E-state index contributed by atoms with van der Waals surface area (Å²) < 4.78 is 5.65. The number of hydrogen-bond acceptors (Lipinski definition) is 4. The normalized spacial score (nSPS) is 12.5. The number of hydrogen-bond donors (Lipinski definition) is 2. The Balaban J connectivity index is 1.87. The smallest absolute Gasteiger partial charge is 0.328 e. The SMILES string of the molecule is COC(=O)[C@@H](Cc1ccccc1Br)NC(=O)CCC(=O)N[C@H](C)c1ccccc1. The predicted octanol–water partition coefficient (Wildman–Crippen LogP) is 3.31. The summed E-state index contributed by atoms with van der Waals surface area (Å²) in [7, 11) is 1.28. The van der Waals surface area contributed by atoms with E-state index in [-0.39, 0.29) is 37.1 Å². The van der Waals surface area contributed by atoms with Gasteiger partial charge in [-0.1, -0.05) is 64.5 Å². The maximum atomic E-state index is 12.3. The van der Waals surface area contributed by atoms with Crippen molar-refractivity contribution in [2.24, 2.45) is 0 Å². The molecule has 0 radical (unpaired) electrons. The van der Waals surface area contributed by atoms with Crippen molar-refractivity contribution in [3.8, 4) is 0 Å². The zero-order chi connectivity index (χ0) is 21.2. The Bertz CT molecular complexity index is 842. The van der Waals surface area contributed by atoms with Crippen LogP contribution in [0.15, 0.2) is 59.1 Å². The summed E-state index contributed by atoms with van der Waals surface area (Å²) in [5, 5.41) is 5.54. The monoisotopic (exact) mass is 460 g/mol. The Hall–Kier alpha value is -2.67. The van der Waals surface area contributed by atoms with Gasteiger partial charge >= 0.3 is 5.97 Å². The molecule has 2 N–H and O–H groups in total. The van der Waals surface area contributed by atoms with Crippen LogP contribution < -0.4 is 10.6 Å². The minimum absolute atomic E-state index is 0.0171. The van der Waals surface area contributed by atoms with Gasteiger partial charge in [-0.2, -0.15) is 0 Å². The van der Waals surface area contributed by atoms with Gasteiger partial charge in [-0.3, -0.25) is 9.59 Å². The third-order valence-corrected chi connectivity index (χ3v) is 5.23. The molecule has 0 heterocycles. The van der Waals surface area contributed by atoms with Crippen molar-refractivity contribution in [2.45, 2.75) is 38.3 Å². The van der Waals surface area contributed by atoms with Crippen LogP contribution in [0.2, 0.25) is 0 Å². The summed E-state index contributed by atoms with van der Waals surface area (Å²) in [6, 6.07) is 16.1. The van der Waals surface area contributed by atoms with Gasteiger partial charge in [-0.05, 0) is 24.1 Å². The van der Waals surface area contributed by atoms with Crippen molar-refractivity contribution >= 4 is 33.7 Å². The highest BCUT2D eigenvalue weighted by Crippen LogP contribution is 2.18. The van der Waals surface area contributed by atoms with Gasteiger partial charge in [0.05, 0.1) is 13.2 Å². The van der Waals surface area contributed by atoms with E-state index >= 15 is 0 Å². The van der Waals surface area contributed by atoms with Crippen molar-refractivity contribution in [1.82, 2.24) is 10.6 Å². The summed E-state index contributed by atoms with van der Waals surface area (Å²) >= 11 is 3.44. The molecule has 0 saturated heterocycles. The van der Waals surface area contributed by atoms with E-state index in [0.29, 0.717) is 0 Å². The van der Waals surface area contributed by atoms with E-state index in [1.807, 2.05) is 61.5 Å². The van der Waals surface area contributed by atoms with Crippen LogP contribution in [-0.4, -0.2) is 30.9 Å². The minimum Gasteiger partial charge on any atom is -0.467 e. The molecule has 0 saturated carbocycles. The molecule has 0 fully saturated rings. The van der Waals surface area contributed by atoms with Gasteiger partial charge in [0.15, 0.2) is 0 Å². The summed E-state index contributed by atoms with van der Waals surface area (Å²) in [4.78, 5) is 36.5. The number of benzene rings is 2. The van der Waals surface area contributed by atoms with Crippen LogP contribution in [0.25, 0.3) is 0 Å². The molecule has 2 amide bonds. The highest BCUT2D eigenvalue weighted by Gasteiger charge is 2.23. The molecule has 2 aromatic carbocycles. The lowest BCUT2D eigenvalue weighted by Gasteiger charge is -2.18. The van der Waals surface area contributed by atoms with Crippen molar-refractivity contribution in [2.75, 3.05) is 7.11 Å². The molecule has 2 aromatic rings. The number of carbonyl (C=O) groups is 3. The molecule has 7 heteroatoms. The fourth-order valence-electron chi connectivity index (χ4n) is 2.85. The lowest BCUT2D eigenvalue weighted by Crippen LogP contribution is -2.43. The van der Waals surface area contributed by atoms with Gasteiger partial charge in [0.2, 0.25) is 11.8 Å². The molecule has 0 bridgehead atoms. The number of halogens is 1. The number of esters is 1. The maximum Gasteiger partial charge on any atom is 0.328 e.